The first-order chi connectivity index (χ1) is 23.9. The molecule has 0 fully saturated rings. The predicted octanol–water partition coefficient (Wildman–Crippen LogP) is 7.83. The summed E-state index contributed by atoms with van der Waals surface area (Å²) in [4.78, 5) is 28.4. The van der Waals surface area contributed by atoms with Crippen LogP contribution in [0.1, 0.15) is 32.7 Å². The van der Waals surface area contributed by atoms with Crippen molar-refractivity contribution < 1.29 is 22.9 Å². The first-order valence-corrected chi connectivity index (χ1v) is 17.3. The molecular formula is C35H28Cl2N6O6S. The van der Waals surface area contributed by atoms with Crippen LogP contribution in [0.15, 0.2) is 102 Å². The maximum atomic E-state index is 13.7. The number of nitro groups is 1. The van der Waals surface area contributed by atoms with Gasteiger partial charge in [-0.25, -0.2) is 13.1 Å². The third kappa shape index (κ3) is 7.54. The molecule has 0 aliphatic carbocycles. The number of hydrogen-bond donors (Lipinski definition) is 2. The molecule has 0 saturated heterocycles. The number of anilines is 1. The van der Waals surface area contributed by atoms with Crippen molar-refractivity contribution in [2.24, 2.45) is 0 Å². The first-order valence-electron chi connectivity index (χ1n) is 15.1. The van der Waals surface area contributed by atoms with Crippen molar-refractivity contribution in [3.8, 4) is 11.5 Å². The minimum atomic E-state index is -4.58. The van der Waals surface area contributed by atoms with Gasteiger partial charge in [-0.15, -0.1) is 0 Å². The van der Waals surface area contributed by atoms with Gasteiger partial charge in [-0.3, -0.25) is 24.6 Å². The van der Waals surface area contributed by atoms with Crippen LogP contribution in [0.25, 0.3) is 10.9 Å². The van der Waals surface area contributed by atoms with Gasteiger partial charge in [-0.1, -0.05) is 35.3 Å². The van der Waals surface area contributed by atoms with Crippen LogP contribution in [0, 0.1) is 24.0 Å². The van der Waals surface area contributed by atoms with Gasteiger partial charge in [0, 0.05) is 40.4 Å². The zero-order valence-corrected chi connectivity index (χ0v) is 28.9. The summed E-state index contributed by atoms with van der Waals surface area (Å²) < 4.78 is 36.4. The second-order valence-corrected chi connectivity index (χ2v) is 13.9. The number of benzene rings is 4. The van der Waals surface area contributed by atoms with Gasteiger partial charge in [0.05, 0.1) is 21.9 Å². The number of nitrogens with one attached hydrogen (secondary N) is 2. The molecule has 2 aromatic heterocycles. The van der Waals surface area contributed by atoms with Gasteiger partial charge < -0.3 is 10.1 Å². The largest absolute Gasteiger partial charge is 0.457 e. The lowest BCUT2D eigenvalue weighted by atomic mass is 10.1. The van der Waals surface area contributed by atoms with E-state index in [-0.39, 0.29) is 24.5 Å². The molecule has 0 aliphatic heterocycles. The molecule has 254 valence electrons. The Bertz CT molecular complexity index is 2340. The van der Waals surface area contributed by atoms with Gasteiger partial charge in [0.25, 0.3) is 21.6 Å². The topological polar surface area (TPSA) is 158 Å². The summed E-state index contributed by atoms with van der Waals surface area (Å²) in [7, 11) is -4.58. The molecule has 12 nitrogen and oxygen atoms in total. The Morgan fingerprint density at radius 2 is 1.60 bits per heavy atom. The molecule has 4 aromatic carbocycles. The standard InChI is InChI=1S/C35H28Cl2N6O6S/c1-21-15-27(16-22(2)33(21)37)49-26-6-3-24(4-7-26)20-42-34(29-17-25(36)5-9-30(29)40-42)35(44)41-50(47,48)28-8-10-31(32(18-28)43(45)46)39-19-23-11-13-38-14-12-23/h3-18,39H,19-20H2,1-2H3,(H,41,44). The van der Waals surface area contributed by atoms with Crippen molar-refractivity contribution in [1.29, 1.82) is 0 Å². The third-order valence-electron chi connectivity index (χ3n) is 7.75. The van der Waals surface area contributed by atoms with Gasteiger partial charge in [-0.2, -0.15) is 5.10 Å². The molecule has 0 unspecified atom stereocenters. The lowest BCUT2D eigenvalue weighted by Crippen LogP contribution is -2.32. The van der Waals surface area contributed by atoms with Gasteiger partial charge in [-0.05, 0) is 103 Å². The molecule has 0 atom stereocenters. The maximum Gasteiger partial charge on any atom is 0.293 e. The van der Waals surface area contributed by atoms with Crippen molar-refractivity contribution in [3.63, 3.8) is 0 Å². The van der Waals surface area contributed by atoms with E-state index in [1.54, 1.807) is 60.9 Å². The van der Waals surface area contributed by atoms with Gasteiger partial charge in [0.15, 0.2) is 0 Å². The summed E-state index contributed by atoms with van der Waals surface area (Å²) >= 11 is 12.5. The number of sulfonamides is 1. The molecule has 0 bridgehead atoms. The molecule has 0 saturated carbocycles. The van der Waals surface area contributed by atoms with E-state index in [1.807, 2.05) is 26.0 Å². The molecule has 15 heteroatoms. The molecule has 50 heavy (non-hydrogen) atoms. The highest BCUT2D eigenvalue weighted by Crippen LogP contribution is 2.31. The molecule has 0 aliphatic rings. The van der Waals surface area contributed by atoms with E-state index in [0.29, 0.717) is 32.4 Å². The fourth-order valence-electron chi connectivity index (χ4n) is 5.30. The van der Waals surface area contributed by atoms with Gasteiger partial charge in [0.2, 0.25) is 0 Å². The average molecular weight is 732 g/mol. The molecule has 2 N–H and O–H groups in total. The second-order valence-electron chi connectivity index (χ2n) is 11.4. The fourth-order valence-corrected chi connectivity index (χ4v) is 6.56. The smallest absolute Gasteiger partial charge is 0.293 e. The van der Waals surface area contributed by atoms with Crippen LogP contribution < -0.4 is 14.8 Å². The van der Waals surface area contributed by atoms with Gasteiger partial charge in [0.1, 0.15) is 22.9 Å². The number of nitro benzene ring substituents is 1. The number of halogens is 2. The number of fused-ring (bicyclic) bond motifs is 1. The van der Waals surface area contributed by atoms with Crippen LogP contribution in [-0.2, 0) is 23.1 Å². The number of nitrogens with zero attached hydrogens (tertiary/aromatic N) is 4. The lowest BCUT2D eigenvalue weighted by molar-refractivity contribution is -0.384. The van der Waals surface area contributed by atoms with Crippen molar-refractivity contribution in [2.45, 2.75) is 31.8 Å². The van der Waals surface area contributed by atoms with Crippen molar-refractivity contribution >= 4 is 61.4 Å². The molecule has 0 radical (unpaired) electrons. The lowest BCUT2D eigenvalue weighted by Gasteiger charge is -2.12. The number of carbonyl (C=O) groups is 1. The van der Waals surface area contributed by atoms with E-state index in [0.717, 1.165) is 28.3 Å². The summed E-state index contributed by atoms with van der Waals surface area (Å²) in [5.41, 5.74) is 3.30. The van der Waals surface area contributed by atoms with E-state index in [9.17, 15) is 23.3 Å². The minimum Gasteiger partial charge on any atom is -0.457 e. The zero-order valence-electron chi connectivity index (χ0n) is 26.6. The van der Waals surface area contributed by atoms with Crippen molar-refractivity contribution in [1.82, 2.24) is 19.5 Å². The predicted molar refractivity (Wildman–Crippen MR) is 191 cm³/mol. The number of rotatable bonds is 11. The average Bonchev–Trinajstić information content (AvgIpc) is 3.44. The number of aryl methyl sites for hydroxylation is 2. The molecule has 2 heterocycles. The Morgan fingerprint density at radius 1 is 0.900 bits per heavy atom. The Labute approximate surface area is 296 Å². The van der Waals surface area contributed by atoms with Crippen molar-refractivity contribution in [2.75, 3.05) is 5.32 Å². The van der Waals surface area contributed by atoms with Crippen LogP contribution in [0.3, 0.4) is 0 Å². The number of aromatic nitrogens is 3. The van der Waals surface area contributed by atoms with E-state index in [4.69, 9.17) is 27.9 Å². The number of amides is 1. The summed E-state index contributed by atoms with van der Waals surface area (Å²) in [5.74, 6) is 0.212. The SMILES string of the molecule is Cc1cc(Oc2ccc(Cn3nc4ccc(Cl)cc4c3C(=O)NS(=O)(=O)c3ccc(NCc4ccncc4)c([N+](=O)[O-])c3)cc2)cc(C)c1Cl. The summed E-state index contributed by atoms with van der Waals surface area (Å²) in [6.07, 6.45) is 3.17. The Morgan fingerprint density at radius 3 is 2.28 bits per heavy atom. The van der Waals surface area contributed by atoms with E-state index >= 15 is 0 Å². The molecule has 1 amide bonds. The Balaban J connectivity index is 1.25. The van der Waals surface area contributed by atoms with Crippen LogP contribution in [0.5, 0.6) is 11.5 Å². The normalized spacial score (nSPS) is 11.4. The van der Waals surface area contributed by atoms with E-state index in [1.165, 1.54) is 22.9 Å². The highest BCUT2D eigenvalue weighted by atomic mass is 35.5. The number of hydrogen-bond acceptors (Lipinski definition) is 9. The third-order valence-corrected chi connectivity index (χ3v) is 9.91. The quantitative estimate of drug-likeness (QED) is 0.100. The highest BCUT2D eigenvalue weighted by Gasteiger charge is 2.27. The van der Waals surface area contributed by atoms with E-state index in [2.05, 4.69) is 20.1 Å². The van der Waals surface area contributed by atoms with Crippen LogP contribution >= 0.6 is 23.2 Å². The zero-order chi connectivity index (χ0) is 35.6. The Kier molecular flexibility index (Phi) is 9.73. The number of ether oxygens (including phenoxy) is 1. The minimum absolute atomic E-state index is 0.0661. The van der Waals surface area contributed by atoms with E-state index < -0.39 is 31.4 Å². The fraction of sp³-hybridized carbons (Fsp3) is 0.114. The summed E-state index contributed by atoms with van der Waals surface area (Å²) in [6, 6.07) is 22.4. The van der Waals surface area contributed by atoms with Crippen LogP contribution in [-0.4, -0.2) is 34.0 Å². The van der Waals surface area contributed by atoms with Crippen molar-refractivity contribution in [3.05, 3.63) is 145 Å². The molecule has 6 aromatic rings. The second kappa shape index (κ2) is 14.2. The molecule has 6 rings (SSSR count). The Hall–Kier alpha value is -5.50. The first kappa shape index (κ1) is 34.4. The summed E-state index contributed by atoms with van der Waals surface area (Å²) in [5, 5.41) is 20.7. The maximum absolute atomic E-state index is 13.7. The monoisotopic (exact) mass is 730 g/mol. The van der Waals surface area contributed by atoms with Crippen LogP contribution in [0.4, 0.5) is 11.4 Å². The summed E-state index contributed by atoms with van der Waals surface area (Å²) in [6.45, 7) is 4.13. The molecule has 0 spiro atoms. The van der Waals surface area contributed by atoms with Gasteiger partial charge >= 0.3 is 0 Å². The van der Waals surface area contributed by atoms with Crippen LogP contribution in [0.2, 0.25) is 10.0 Å². The molecular weight excluding hydrogens is 703 g/mol. The number of pyridine rings is 1. The highest BCUT2D eigenvalue weighted by molar-refractivity contribution is 7.90. The number of carbonyl (C=O) groups excluding carboxylic acids is 1.